The Hall–Kier alpha value is -3.90. The van der Waals surface area contributed by atoms with Crippen molar-refractivity contribution in [3.05, 3.63) is 18.3 Å². The van der Waals surface area contributed by atoms with Gasteiger partial charge in [-0.1, -0.05) is 5.21 Å². The molecule has 1 aliphatic heterocycles. The second-order valence-corrected chi connectivity index (χ2v) is 9.44. The lowest BCUT2D eigenvalue weighted by molar-refractivity contribution is -0.128. The zero-order chi connectivity index (χ0) is 25.0. The predicted molar refractivity (Wildman–Crippen MR) is 127 cm³/mol. The molecular weight excluding hydrogens is 472 g/mol. The molecule has 3 atom stereocenters. The largest absolute Gasteiger partial charge is 0.480 e. The Morgan fingerprint density at radius 2 is 2.00 bits per heavy atom. The number of likely N-dealkylation sites (tertiary alicyclic amines) is 1. The van der Waals surface area contributed by atoms with Crippen LogP contribution in [0.25, 0.3) is 33.5 Å². The lowest BCUT2D eigenvalue weighted by Crippen LogP contribution is -2.29. The van der Waals surface area contributed by atoms with Gasteiger partial charge in [-0.25, -0.2) is 18.4 Å². The maximum absolute atomic E-state index is 12.9. The van der Waals surface area contributed by atoms with Gasteiger partial charge in [-0.05, 0) is 36.8 Å². The van der Waals surface area contributed by atoms with Crippen LogP contribution in [0, 0.1) is 11.8 Å². The first-order chi connectivity index (χ1) is 17.4. The number of ether oxygens (including phenoxy) is 1. The Balaban J connectivity index is 1.28. The number of methoxy groups -OCH3 is 1. The highest BCUT2D eigenvalue weighted by atomic mass is 19.3. The Kier molecular flexibility index (Phi) is 5.41. The van der Waals surface area contributed by atoms with E-state index in [2.05, 4.69) is 35.6 Å². The summed E-state index contributed by atoms with van der Waals surface area (Å²) in [6, 6.07) is 3.66. The summed E-state index contributed by atoms with van der Waals surface area (Å²) in [5, 5.41) is 11.8. The molecule has 2 fully saturated rings. The highest BCUT2D eigenvalue weighted by molar-refractivity contribution is 5.97. The zero-order valence-electron chi connectivity index (χ0n) is 19.8. The molecule has 4 aromatic rings. The number of carbonyl (C=O) groups excluding carboxylic acids is 1. The molecule has 4 aromatic heterocycles. The Morgan fingerprint density at radius 3 is 2.69 bits per heavy atom. The first kappa shape index (κ1) is 22.6. The van der Waals surface area contributed by atoms with Crippen molar-refractivity contribution < 1.29 is 18.3 Å². The summed E-state index contributed by atoms with van der Waals surface area (Å²) in [4.78, 5) is 30.6. The summed E-state index contributed by atoms with van der Waals surface area (Å²) in [6.45, 7) is 2.66. The maximum atomic E-state index is 12.9. The molecule has 0 spiro atoms. The lowest BCUT2D eigenvalue weighted by atomic mass is 10.0. The summed E-state index contributed by atoms with van der Waals surface area (Å²) in [6.07, 6.45) is 1.09. The van der Waals surface area contributed by atoms with Crippen LogP contribution in [0.2, 0.25) is 0 Å². The van der Waals surface area contributed by atoms with Gasteiger partial charge in [-0.3, -0.25) is 4.79 Å². The number of carbonyl (C=O) groups is 1. The number of amides is 1. The molecule has 36 heavy (non-hydrogen) atoms. The molecule has 1 aliphatic carbocycles. The molecule has 6 rings (SSSR count). The SMILES string of the molecule is COc1nc(N[C@H]2C[C@@H]3CN(C(C)=O)C[C@@H]3C2)nc2[nH]cc(-c3ccc4nnn(CC(F)F)c4n3)c12. The van der Waals surface area contributed by atoms with E-state index in [4.69, 9.17) is 4.74 Å². The Bertz CT molecular complexity index is 1440. The molecule has 2 N–H and O–H groups in total. The number of aromatic amines is 1. The summed E-state index contributed by atoms with van der Waals surface area (Å²) < 4.78 is 32.6. The minimum atomic E-state index is -2.57. The molecular formula is C23H25F2N9O2. The number of halogens is 2. The fourth-order valence-electron chi connectivity index (χ4n) is 5.53. The molecule has 1 amide bonds. The molecule has 13 heteroatoms. The molecule has 11 nitrogen and oxygen atoms in total. The first-order valence-corrected chi connectivity index (χ1v) is 11.8. The van der Waals surface area contributed by atoms with Crippen molar-refractivity contribution >= 4 is 34.1 Å². The van der Waals surface area contributed by atoms with Crippen LogP contribution in [0.15, 0.2) is 18.3 Å². The van der Waals surface area contributed by atoms with Crippen LogP contribution >= 0.6 is 0 Å². The topological polar surface area (TPSA) is 127 Å². The van der Waals surface area contributed by atoms with Crippen molar-refractivity contribution in [2.24, 2.45) is 11.8 Å². The number of nitrogens with one attached hydrogen (secondary N) is 2. The second-order valence-electron chi connectivity index (χ2n) is 9.44. The number of rotatable bonds is 6. The van der Waals surface area contributed by atoms with Crippen LogP contribution in [-0.2, 0) is 11.3 Å². The third-order valence-electron chi connectivity index (χ3n) is 7.17. The van der Waals surface area contributed by atoms with Gasteiger partial charge in [0.1, 0.15) is 17.7 Å². The van der Waals surface area contributed by atoms with E-state index in [1.54, 1.807) is 25.3 Å². The van der Waals surface area contributed by atoms with E-state index < -0.39 is 13.0 Å². The van der Waals surface area contributed by atoms with Crippen LogP contribution in [0.1, 0.15) is 19.8 Å². The van der Waals surface area contributed by atoms with E-state index in [1.165, 1.54) is 7.11 Å². The van der Waals surface area contributed by atoms with Gasteiger partial charge >= 0.3 is 0 Å². The molecule has 5 heterocycles. The number of aromatic nitrogens is 7. The van der Waals surface area contributed by atoms with E-state index in [1.807, 2.05) is 4.90 Å². The summed E-state index contributed by atoms with van der Waals surface area (Å²) in [7, 11) is 1.54. The normalized spacial score (nSPS) is 21.6. The molecule has 0 radical (unpaired) electrons. The van der Waals surface area contributed by atoms with Crippen LogP contribution in [-0.4, -0.2) is 78.4 Å². The summed E-state index contributed by atoms with van der Waals surface area (Å²) in [5.41, 5.74) is 2.49. The van der Waals surface area contributed by atoms with Gasteiger partial charge in [-0.15, -0.1) is 5.10 Å². The van der Waals surface area contributed by atoms with E-state index in [9.17, 15) is 13.6 Å². The smallest absolute Gasteiger partial charge is 0.258 e. The zero-order valence-corrected chi connectivity index (χ0v) is 19.8. The highest BCUT2D eigenvalue weighted by Crippen LogP contribution is 2.40. The average molecular weight is 498 g/mol. The molecule has 0 bridgehead atoms. The minimum Gasteiger partial charge on any atom is -0.480 e. The Morgan fingerprint density at radius 1 is 1.22 bits per heavy atom. The standard InChI is InChI=1S/C23H25F2N9O2/c1-11(35)33-8-12-5-14(6-13(12)9-33)27-23-29-20-19(22(30-23)36-2)15(7-26-20)16-3-4-17-21(28-16)34(32-31-17)10-18(24)25/h3-4,7,12-14,18H,5-6,8-10H2,1-2H3,(H2,26,27,29,30)/t12-,13+,14+. The van der Waals surface area contributed by atoms with Crippen molar-refractivity contribution in [2.45, 2.75) is 38.8 Å². The van der Waals surface area contributed by atoms with Gasteiger partial charge in [0.25, 0.3) is 6.43 Å². The van der Waals surface area contributed by atoms with Crippen LogP contribution in [0.5, 0.6) is 5.88 Å². The minimum absolute atomic E-state index is 0.137. The fraction of sp³-hybridized carbons (Fsp3) is 0.478. The third kappa shape index (κ3) is 3.88. The number of H-pyrrole nitrogens is 1. The highest BCUT2D eigenvalue weighted by Gasteiger charge is 2.41. The fourth-order valence-corrected chi connectivity index (χ4v) is 5.53. The lowest BCUT2D eigenvalue weighted by Gasteiger charge is -2.18. The van der Waals surface area contributed by atoms with E-state index in [-0.39, 0.29) is 17.6 Å². The quantitative estimate of drug-likeness (QED) is 0.416. The van der Waals surface area contributed by atoms with Gasteiger partial charge in [0.05, 0.1) is 18.2 Å². The van der Waals surface area contributed by atoms with Crippen molar-refractivity contribution in [1.29, 1.82) is 0 Å². The number of alkyl halides is 2. The van der Waals surface area contributed by atoms with E-state index >= 15 is 0 Å². The molecule has 2 aliphatic rings. The number of hydrogen-bond donors (Lipinski definition) is 2. The molecule has 1 saturated carbocycles. The van der Waals surface area contributed by atoms with Gasteiger partial charge < -0.3 is 19.9 Å². The Labute approximate surface area is 204 Å². The molecule has 0 unspecified atom stereocenters. The number of pyridine rings is 1. The summed E-state index contributed by atoms with van der Waals surface area (Å²) >= 11 is 0. The van der Waals surface area contributed by atoms with Crippen molar-refractivity contribution in [3.8, 4) is 17.1 Å². The van der Waals surface area contributed by atoms with E-state index in [0.29, 0.717) is 51.5 Å². The second kappa shape index (κ2) is 8.64. The number of hydrogen-bond acceptors (Lipinski definition) is 8. The van der Waals surface area contributed by atoms with Crippen molar-refractivity contribution in [2.75, 3.05) is 25.5 Å². The maximum Gasteiger partial charge on any atom is 0.258 e. The summed E-state index contributed by atoms with van der Waals surface area (Å²) in [5.74, 6) is 1.95. The van der Waals surface area contributed by atoms with Gasteiger partial charge in [0.15, 0.2) is 5.65 Å². The number of fused-ring (bicyclic) bond motifs is 3. The third-order valence-corrected chi connectivity index (χ3v) is 7.17. The van der Waals surface area contributed by atoms with Crippen LogP contribution in [0.4, 0.5) is 14.7 Å². The van der Waals surface area contributed by atoms with Gasteiger partial charge in [0, 0.05) is 37.8 Å². The van der Waals surface area contributed by atoms with Gasteiger partial charge in [-0.2, -0.15) is 9.97 Å². The van der Waals surface area contributed by atoms with Gasteiger partial charge in [0.2, 0.25) is 17.7 Å². The van der Waals surface area contributed by atoms with Crippen molar-refractivity contribution in [3.63, 3.8) is 0 Å². The molecule has 0 aromatic carbocycles. The van der Waals surface area contributed by atoms with Crippen LogP contribution < -0.4 is 10.1 Å². The molecule has 1 saturated heterocycles. The van der Waals surface area contributed by atoms with Crippen molar-refractivity contribution in [1.82, 2.24) is 39.8 Å². The number of anilines is 1. The molecule has 188 valence electrons. The average Bonchev–Trinajstić information content (AvgIpc) is 3.60. The van der Waals surface area contributed by atoms with E-state index in [0.717, 1.165) is 30.6 Å². The monoisotopic (exact) mass is 497 g/mol. The number of nitrogens with zero attached hydrogens (tertiary/aromatic N) is 7. The van der Waals surface area contributed by atoms with Crippen LogP contribution in [0.3, 0.4) is 0 Å². The first-order valence-electron chi connectivity index (χ1n) is 11.8. The predicted octanol–water partition coefficient (Wildman–Crippen LogP) is 2.71.